The molecule has 0 saturated heterocycles. The number of hydrogen-bond donors (Lipinski definition) is 0. The van der Waals surface area contributed by atoms with Crippen LogP contribution in [0.3, 0.4) is 0 Å². The van der Waals surface area contributed by atoms with E-state index in [1.54, 1.807) is 6.92 Å². The maximum atomic E-state index is 12.2. The first-order chi connectivity index (χ1) is 10.1. The second-order valence-electron chi connectivity index (χ2n) is 4.55. The van der Waals surface area contributed by atoms with Crippen LogP contribution in [0.15, 0.2) is 35.9 Å². The van der Waals surface area contributed by atoms with Crippen LogP contribution in [-0.4, -0.2) is 25.7 Å². The maximum Gasteiger partial charge on any atom is 0.334 e. The smallest absolute Gasteiger partial charge is 0.334 e. The molecule has 1 aromatic rings. The topological polar surface area (TPSA) is 52.6 Å². The lowest BCUT2D eigenvalue weighted by atomic mass is 9.94. The minimum absolute atomic E-state index is 0.0699. The number of hydrogen-bond acceptors (Lipinski definition) is 4. The zero-order chi connectivity index (χ0) is 15.7. The molecule has 4 heteroatoms. The monoisotopic (exact) mass is 290 g/mol. The first-order valence-electron chi connectivity index (χ1n) is 7.15. The van der Waals surface area contributed by atoms with E-state index in [-0.39, 0.29) is 13.0 Å². The predicted molar refractivity (Wildman–Crippen MR) is 81.5 cm³/mol. The standard InChI is InChI=1S/C17H22O4/c1-4-9-14(13-10-7-6-8-11-13)15(12-16(18)20-3)17(19)21-5-2/h6-8,10-11H,4-5,9,12H2,1-3H3/b15-14-. The number of methoxy groups -OCH3 is 1. The van der Waals surface area contributed by atoms with Crippen molar-refractivity contribution < 1.29 is 19.1 Å². The minimum Gasteiger partial charge on any atom is -0.469 e. The summed E-state index contributed by atoms with van der Waals surface area (Å²) in [4.78, 5) is 23.8. The van der Waals surface area contributed by atoms with Gasteiger partial charge in [-0.05, 0) is 24.5 Å². The Kier molecular flexibility index (Phi) is 7.23. The van der Waals surface area contributed by atoms with Gasteiger partial charge in [0.15, 0.2) is 0 Å². The Labute approximate surface area is 125 Å². The molecule has 4 nitrogen and oxygen atoms in total. The summed E-state index contributed by atoms with van der Waals surface area (Å²) in [6.07, 6.45) is 1.50. The van der Waals surface area contributed by atoms with Crippen LogP contribution in [0, 0.1) is 0 Å². The summed E-state index contributed by atoms with van der Waals surface area (Å²) in [6, 6.07) is 9.60. The van der Waals surface area contributed by atoms with E-state index in [1.807, 2.05) is 37.3 Å². The van der Waals surface area contributed by atoms with Crippen molar-refractivity contribution in [1.29, 1.82) is 0 Å². The number of esters is 2. The molecule has 0 atom stereocenters. The molecule has 0 amide bonds. The fourth-order valence-corrected chi connectivity index (χ4v) is 2.10. The van der Waals surface area contributed by atoms with Crippen LogP contribution >= 0.6 is 0 Å². The molecular weight excluding hydrogens is 268 g/mol. The Morgan fingerprint density at radius 3 is 2.29 bits per heavy atom. The molecule has 0 aliphatic carbocycles. The highest BCUT2D eigenvalue weighted by Gasteiger charge is 2.21. The molecule has 0 fully saturated rings. The summed E-state index contributed by atoms with van der Waals surface area (Å²) in [6.45, 7) is 4.05. The van der Waals surface area contributed by atoms with E-state index in [1.165, 1.54) is 7.11 Å². The van der Waals surface area contributed by atoms with Gasteiger partial charge in [0.05, 0.1) is 25.7 Å². The lowest BCUT2D eigenvalue weighted by Gasteiger charge is -2.14. The van der Waals surface area contributed by atoms with Crippen molar-refractivity contribution in [3.8, 4) is 0 Å². The highest BCUT2D eigenvalue weighted by Crippen LogP contribution is 2.27. The van der Waals surface area contributed by atoms with Crippen LogP contribution in [0.1, 0.15) is 38.7 Å². The van der Waals surface area contributed by atoms with Crippen molar-refractivity contribution in [2.24, 2.45) is 0 Å². The summed E-state index contributed by atoms with van der Waals surface area (Å²) < 4.78 is 9.79. The van der Waals surface area contributed by atoms with Gasteiger partial charge in [0.25, 0.3) is 0 Å². The first kappa shape index (κ1) is 17.0. The number of carbonyl (C=O) groups excluding carboxylic acids is 2. The van der Waals surface area contributed by atoms with Gasteiger partial charge < -0.3 is 9.47 Å². The van der Waals surface area contributed by atoms with Gasteiger partial charge in [0.1, 0.15) is 0 Å². The van der Waals surface area contributed by atoms with Crippen molar-refractivity contribution in [2.45, 2.75) is 33.1 Å². The second-order valence-corrected chi connectivity index (χ2v) is 4.55. The molecule has 1 aromatic carbocycles. The molecule has 0 bridgehead atoms. The Balaban J connectivity index is 3.29. The Bertz CT molecular complexity index is 503. The van der Waals surface area contributed by atoms with Crippen molar-refractivity contribution >= 4 is 17.5 Å². The Hall–Kier alpha value is -2.10. The van der Waals surface area contributed by atoms with Crippen LogP contribution < -0.4 is 0 Å². The van der Waals surface area contributed by atoms with E-state index in [0.717, 1.165) is 17.6 Å². The van der Waals surface area contributed by atoms with Crippen LogP contribution in [-0.2, 0) is 19.1 Å². The molecule has 114 valence electrons. The molecule has 1 rings (SSSR count). The average molecular weight is 290 g/mol. The van der Waals surface area contributed by atoms with Gasteiger partial charge in [-0.15, -0.1) is 0 Å². The van der Waals surface area contributed by atoms with E-state index >= 15 is 0 Å². The largest absolute Gasteiger partial charge is 0.469 e. The SMILES string of the molecule is CCC/C(=C(\CC(=O)OC)C(=O)OCC)c1ccccc1. The molecule has 0 aliphatic heterocycles. The predicted octanol–water partition coefficient (Wildman–Crippen LogP) is 3.37. The zero-order valence-corrected chi connectivity index (χ0v) is 12.8. The van der Waals surface area contributed by atoms with Gasteiger partial charge >= 0.3 is 11.9 Å². The molecule has 0 aliphatic rings. The Morgan fingerprint density at radius 2 is 1.76 bits per heavy atom. The minimum atomic E-state index is -0.449. The molecule has 0 spiro atoms. The number of benzene rings is 1. The third-order valence-electron chi connectivity index (χ3n) is 3.06. The van der Waals surface area contributed by atoms with Crippen LogP contribution in [0.2, 0.25) is 0 Å². The van der Waals surface area contributed by atoms with Crippen molar-refractivity contribution in [2.75, 3.05) is 13.7 Å². The van der Waals surface area contributed by atoms with Crippen molar-refractivity contribution in [3.05, 3.63) is 41.5 Å². The summed E-state index contributed by atoms with van der Waals surface area (Å²) >= 11 is 0. The molecule has 0 saturated carbocycles. The van der Waals surface area contributed by atoms with Gasteiger partial charge in [0, 0.05) is 0 Å². The number of ether oxygens (including phenoxy) is 2. The average Bonchev–Trinajstić information content (AvgIpc) is 2.51. The highest BCUT2D eigenvalue weighted by molar-refractivity contribution is 6.01. The number of rotatable bonds is 7. The second kappa shape index (κ2) is 8.95. The van der Waals surface area contributed by atoms with Crippen molar-refractivity contribution in [1.82, 2.24) is 0 Å². The lowest BCUT2D eigenvalue weighted by molar-refractivity contribution is -0.144. The van der Waals surface area contributed by atoms with Gasteiger partial charge in [-0.1, -0.05) is 43.7 Å². The molecule has 21 heavy (non-hydrogen) atoms. The zero-order valence-electron chi connectivity index (χ0n) is 12.8. The van der Waals surface area contributed by atoms with Crippen LogP contribution in [0.5, 0.6) is 0 Å². The molecule has 0 aromatic heterocycles. The van der Waals surface area contributed by atoms with E-state index < -0.39 is 11.9 Å². The van der Waals surface area contributed by atoms with Crippen LogP contribution in [0.25, 0.3) is 5.57 Å². The summed E-state index contributed by atoms with van der Waals surface area (Å²) in [7, 11) is 1.31. The third kappa shape index (κ3) is 5.06. The summed E-state index contributed by atoms with van der Waals surface area (Å²) in [5.74, 6) is -0.891. The van der Waals surface area contributed by atoms with E-state index in [9.17, 15) is 9.59 Å². The quantitative estimate of drug-likeness (QED) is 0.570. The molecule has 0 radical (unpaired) electrons. The van der Waals surface area contributed by atoms with E-state index in [2.05, 4.69) is 0 Å². The lowest BCUT2D eigenvalue weighted by Crippen LogP contribution is -2.15. The van der Waals surface area contributed by atoms with Gasteiger partial charge in [-0.2, -0.15) is 0 Å². The highest BCUT2D eigenvalue weighted by atomic mass is 16.5. The van der Waals surface area contributed by atoms with Crippen LogP contribution in [0.4, 0.5) is 0 Å². The number of carbonyl (C=O) groups is 2. The van der Waals surface area contributed by atoms with E-state index in [0.29, 0.717) is 12.0 Å². The Morgan fingerprint density at radius 1 is 1.10 bits per heavy atom. The molecular formula is C17H22O4. The normalized spacial score (nSPS) is 11.6. The fourth-order valence-electron chi connectivity index (χ4n) is 2.10. The summed E-state index contributed by atoms with van der Waals surface area (Å²) in [5.41, 5.74) is 2.17. The van der Waals surface area contributed by atoms with E-state index in [4.69, 9.17) is 9.47 Å². The third-order valence-corrected chi connectivity index (χ3v) is 3.06. The first-order valence-corrected chi connectivity index (χ1v) is 7.15. The summed E-state index contributed by atoms with van der Waals surface area (Å²) in [5, 5.41) is 0. The van der Waals surface area contributed by atoms with Gasteiger partial charge in [0.2, 0.25) is 0 Å². The molecule has 0 heterocycles. The van der Waals surface area contributed by atoms with Gasteiger partial charge in [-0.3, -0.25) is 4.79 Å². The fraction of sp³-hybridized carbons (Fsp3) is 0.412. The van der Waals surface area contributed by atoms with Gasteiger partial charge in [-0.25, -0.2) is 4.79 Å². The molecule has 0 unspecified atom stereocenters. The number of allylic oxidation sites excluding steroid dienone is 1. The van der Waals surface area contributed by atoms with Crippen molar-refractivity contribution in [3.63, 3.8) is 0 Å². The molecule has 0 N–H and O–H groups in total. The maximum absolute atomic E-state index is 12.2.